The second kappa shape index (κ2) is 8.92. The van der Waals surface area contributed by atoms with Crippen LogP contribution in [-0.4, -0.2) is 52.2 Å². The molecule has 3 heterocycles. The normalized spacial score (nSPS) is 17.8. The molecule has 2 aliphatic rings. The molecule has 1 N–H and O–H groups in total. The van der Waals surface area contributed by atoms with Gasteiger partial charge in [-0.3, -0.25) is 14.8 Å². The van der Waals surface area contributed by atoms with Crippen LogP contribution in [0.15, 0.2) is 36.8 Å². The number of pyridine rings is 2. The number of aliphatic hydroxyl groups is 1. The van der Waals surface area contributed by atoms with Crippen molar-refractivity contribution in [3.05, 3.63) is 59.2 Å². The summed E-state index contributed by atoms with van der Waals surface area (Å²) in [5, 5.41) is 10.9. The van der Waals surface area contributed by atoms with E-state index in [9.17, 15) is 23.1 Å². The lowest BCUT2D eigenvalue weighted by molar-refractivity contribution is -0.141. The summed E-state index contributed by atoms with van der Waals surface area (Å²) in [6.07, 6.45) is 1.08. The molecule has 0 spiro atoms. The molecule has 1 unspecified atom stereocenters. The Kier molecular flexibility index (Phi) is 6.24. The molecule has 1 saturated heterocycles. The zero-order chi connectivity index (χ0) is 22.0. The van der Waals surface area contributed by atoms with E-state index in [-0.39, 0.29) is 24.8 Å². The Hall–Kier alpha value is -2.52. The third-order valence-electron chi connectivity index (χ3n) is 5.67. The molecule has 0 aromatic carbocycles. The Morgan fingerprint density at radius 3 is 2.58 bits per heavy atom. The van der Waals surface area contributed by atoms with Gasteiger partial charge in [0.25, 0.3) is 0 Å². The van der Waals surface area contributed by atoms with Crippen LogP contribution in [0.5, 0.6) is 0 Å². The first-order valence-corrected chi connectivity index (χ1v) is 10.3. The highest BCUT2D eigenvalue weighted by Gasteiger charge is 2.33. The number of hydrogen-bond acceptors (Lipinski definition) is 5. The van der Waals surface area contributed by atoms with Crippen molar-refractivity contribution in [1.82, 2.24) is 14.9 Å². The number of carbonyl (C=O) groups is 1. The fourth-order valence-electron chi connectivity index (χ4n) is 3.73. The third-order valence-corrected chi connectivity index (χ3v) is 5.67. The first-order valence-electron chi connectivity index (χ1n) is 10.3. The second-order valence-corrected chi connectivity index (χ2v) is 8.22. The van der Waals surface area contributed by atoms with Gasteiger partial charge in [0.2, 0.25) is 5.91 Å². The summed E-state index contributed by atoms with van der Waals surface area (Å²) in [5.41, 5.74) is 1.19. The first kappa shape index (κ1) is 21.7. The monoisotopic (exact) mass is 435 g/mol. The van der Waals surface area contributed by atoms with Crippen LogP contribution in [0.3, 0.4) is 0 Å². The van der Waals surface area contributed by atoms with Gasteiger partial charge < -0.3 is 14.7 Å². The minimum atomic E-state index is -4.52. The summed E-state index contributed by atoms with van der Waals surface area (Å²) in [7, 11) is 0. The summed E-state index contributed by atoms with van der Waals surface area (Å²) < 4.78 is 43.3. The zero-order valence-electron chi connectivity index (χ0n) is 16.9. The van der Waals surface area contributed by atoms with E-state index in [4.69, 9.17) is 4.74 Å². The lowest BCUT2D eigenvalue weighted by Gasteiger charge is -2.34. The highest BCUT2D eigenvalue weighted by molar-refractivity contribution is 5.78. The van der Waals surface area contributed by atoms with E-state index in [0.717, 1.165) is 36.2 Å². The maximum Gasteiger partial charge on any atom is 0.433 e. The van der Waals surface area contributed by atoms with Gasteiger partial charge in [-0.1, -0.05) is 6.07 Å². The van der Waals surface area contributed by atoms with Gasteiger partial charge in [0.1, 0.15) is 5.69 Å². The topological polar surface area (TPSA) is 75.6 Å². The van der Waals surface area contributed by atoms with Crippen molar-refractivity contribution in [2.24, 2.45) is 5.92 Å². The standard InChI is InChI=1S/C22H24F3N3O3/c23-22(24,25)20-4-1-14(8-27-20)7-21(30)28(10-15-12-31-13-15)11-19(29)18-9-26-6-5-17(18)16-2-3-16/h1,4-6,8-9,15-16,19,29H,2-3,7,10-13H2. The van der Waals surface area contributed by atoms with Gasteiger partial charge in [-0.2, -0.15) is 13.2 Å². The zero-order valence-corrected chi connectivity index (χ0v) is 16.9. The van der Waals surface area contributed by atoms with Gasteiger partial charge in [0.05, 0.1) is 32.3 Å². The summed E-state index contributed by atoms with van der Waals surface area (Å²) in [6.45, 7) is 1.60. The van der Waals surface area contributed by atoms with Gasteiger partial charge in [0.15, 0.2) is 0 Å². The van der Waals surface area contributed by atoms with Gasteiger partial charge in [-0.15, -0.1) is 0 Å². The largest absolute Gasteiger partial charge is 0.433 e. The fraction of sp³-hybridized carbons (Fsp3) is 0.500. The Morgan fingerprint density at radius 2 is 2.00 bits per heavy atom. The Morgan fingerprint density at radius 1 is 1.23 bits per heavy atom. The second-order valence-electron chi connectivity index (χ2n) is 8.22. The van der Waals surface area contributed by atoms with Crippen LogP contribution in [0.1, 0.15) is 47.2 Å². The number of rotatable bonds is 8. The van der Waals surface area contributed by atoms with Gasteiger partial charge >= 0.3 is 6.18 Å². The number of alkyl halides is 3. The van der Waals surface area contributed by atoms with Gasteiger partial charge in [0, 0.05) is 36.6 Å². The summed E-state index contributed by atoms with van der Waals surface area (Å²) >= 11 is 0. The molecular weight excluding hydrogens is 411 g/mol. The molecule has 1 saturated carbocycles. The molecule has 1 aliphatic heterocycles. The van der Waals surface area contributed by atoms with Crippen LogP contribution < -0.4 is 0 Å². The van der Waals surface area contributed by atoms with Crippen molar-refractivity contribution in [3.63, 3.8) is 0 Å². The molecule has 0 radical (unpaired) electrons. The molecular formula is C22H24F3N3O3. The summed E-state index contributed by atoms with van der Waals surface area (Å²) in [4.78, 5) is 22.1. The molecule has 166 valence electrons. The molecule has 2 fully saturated rings. The number of ether oxygens (including phenoxy) is 1. The van der Waals surface area contributed by atoms with Crippen molar-refractivity contribution in [2.45, 2.75) is 37.5 Å². The van der Waals surface area contributed by atoms with E-state index in [1.165, 1.54) is 6.07 Å². The Balaban J connectivity index is 1.46. The van der Waals surface area contributed by atoms with Crippen LogP contribution in [-0.2, 0) is 22.1 Å². The SMILES string of the molecule is O=C(Cc1ccc(C(F)(F)F)nc1)N(CC1COC1)CC(O)c1cnccc1C1CC1. The summed E-state index contributed by atoms with van der Waals surface area (Å²) in [6, 6.07) is 4.05. The number of aliphatic hydroxyl groups excluding tert-OH is 1. The quantitative estimate of drug-likeness (QED) is 0.690. The number of carbonyl (C=O) groups excluding carboxylic acids is 1. The van der Waals surface area contributed by atoms with Crippen molar-refractivity contribution < 1.29 is 27.8 Å². The molecule has 2 aromatic heterocycles. The maximum atomic E-state index is 13.0. The molecule has 1 aliphatic carbocycles. The number of hydrogen-bond donors (Lipinski definition) is 1. The number of halogens is 3. The lowest BCUT2D eigenvalue weighted by Crippen LogP contribution is -2.44. The molecule has 2 aromatic rings. The van der Waals surface area contributed by atoms with Crippen LogP contribution >= 0.6 is 0 Å². The Bertz CT molecular complexity index is 912. The average Bonchev–Trinajstić information content (AvgIpc) is 3.54. The van der Waals surface area contributed by atoms with Crippen LogP contribution in [0.25, 0.3) is 0 Å². The van der Waals surface area contributed by atoms with Crippen molar-refractivity contribution in [3.8, 4) is 0 Å². The third kappa shape index (κ3) is 5.40. The predicted octanol–water partition coefficient (Wildman–Crippen LogP) is 3.12. The van der Waals surface area contributed by atoms with Crippen molar-refractivity contribution in [1.29, 1.82) is 0 Å². The minimum Gasteiger partial charge on any atom is -0.386 e. The molecule has 1 amide bonds. The van der Waals surface area contributed by atoms with Crippen LogP contribution in [0.2, 0.25) is 0 Å². The summed E-state index contributed by atoms with van der Waals surface area (Å²) in [5.74, 6) is 0.332. The van der Waals surface area contributed by atoms with Crippen LogP contribution in [0.4, 0.5) is 13.2 Å². The highest BCUT2D eigenvalue weighted by Crippen LogP contribution is 2.42. The molecule has 1 atom stereocenters. The molecule has 6 nitrogen and oxygen atoms in total. The van der Waals surface area contributed by atoms with E-state index in [1.807, 2.05) is 6.07 Å². The fourth-order valence-corrected chi connectivity index (χ4v) is 3.73. The van der Waals surface area contributed by atoms with Gasteiger partial charge in [-0.25, -0.2) is 0 Å². The first-order chi connectivity index (χ1) is 14.8. The van der Waals surface area contributed by atoms with Gasteiger partial charge in [-0.05, 0) is 42.0 Å². The average molecular weight is 435 g/mol. The highest BCUT2D eigenvalue weighted by atomic mass is 19.4. The number of aromatic nitrogens is 2. The number of amides is 1. The minimum absolute atomic E-state index is 0.0893. The van der Waals surface area contributed by atoms with Crippen LogP contribution in [0, 0.1) is 5.92 Å². The van der Waals surface area contributed by atoms with E-state index >= 15 is 0 Å². The smallest absolute Gasteiger partial charge is 0.386 e. The molecule has 9 heteroatoms. The molecule has 4 rings (SSSR count). The van der Waals surface area contributed by atoms with E-state index < -0.39 is 18.0 Å². The predicted molar refractivity (Wildman–Crippen MR) is 105 cm³/mol. The van der Waals surface area contributed by atoms with Crippen molar-refractivity contribution in [2.75, 3.05) is 26.3 Å². The number of nitrogens with zero attached hydrogens (tertiary/aromatic N) is 3. The molecule has 31 heavy (non-hydrogen) atoms. The maximum absolute atomic E-state index is 13.0. The van der Waals surface area contributed by atoms with Crippen molar-refractivity contribution >= 4 is 5.91 Å². The Labute approximate surface area is 178 Å². The van der Waals surface area contributed by atoms with E-state index in [1.54, 1.807) is 17.3 Å². The van der Waals surface area contributed by atoms with E-state index in [2.05, 4.69) is 9.97 Å². The van der Waals surface area contributed by atoms with E-state index in [0.29, 0.717) is 31.2 Å². The lowest BCUT2D eigenvalue weighted by atomic mass is 10.00. The molecule has 0 bridgehead atoms.